The van der Waals surface area contributed by atoms with E-state index in [1.54, 1.807) is 0 Å². The maximum Gasteiger partial charge on any atom is 0.376 e. The minimum atomic E-state index is -4.19. The van der Waals surface area contributed by atoms with Gasteiger partial charge in [-0.3, -0.25) is 4.57 Å². The molecule has 0 aromatic carbocycles. The molecule has 0 atom stereocenters. The molecule has 0 radical (unpaired) electrons. The van der Waals surface area contributed by atoms with Crippen LogP contribution in [0.15, 0.2) is 18.3 Å². The Balaban J connectivity index is 3.09. The lowest BCUT2D eigenvalue weighted by atomic mass is 10.6. The van der Waals surface area contributed by atoms with Gasteiger partial charge in [0.05, 0.1) is 0 Å². The summed E-state index contributed by atoms with van der Waals surface area (Å²) in [6.45, 7) is 0. The van der Waals surface area contributed by atoms with E-state index < -0.39 is 7.60 Å². The van der Waals surface area contributed by atoms with Gasteiger partial charge in [-0.15, -0.1) is 5.10 Å². The van der Waals surface area contributed by atoms with E-state index in [9.17, 15) is 4.57 Å². The largest absolute Gasteiger partial charge is 0.376 e. The summed E-state index contributed by atoms with van der Waals surface area (Å²) in [5, 5.41) is 6.55. The van der Waals surface area contributed by atoms with E-state index >= 15 is 0 Å². The third-order valence-corrected chi connectivity index (χ3v) is 1.69. The number of aromatic nitrogens is 2. The van der Waals surface area contributed by atoms with Crippen LogP contribution in [-0.2, 0) is 4.57 Å². The minimum absolute atomic E-state index is 0.296. The molecule has 54 valence electrons. The van der Waals surface area contributed by atoms with Crippen LogP contribution in [0, 0.1) is 0 Å². The van der Waals surface area contributed by atoms with Crippen LogP contribution in [0.3, 0.4) is 0 Å². The molecule has 5 nitrogen and oxygen atoms in total. The molecule has 0 bridgehead atoms. The van der Waals surface area contributed by atoms with Gasteiger partial charge >= 0.3 is 7.60 Å². The number of rotatable bonds is 1. The molecule has 0 aliphatic heterocycles. The van der Waals surface area contributed by atoms with Gasteiger partial charge in [0.1, 0.15) is 0 Å². The Labute approximate surface area is 56.9 Å². The van der Waals surface area contributed by atoms with Crippen molar-refractivity contribution < 1.29 is 14.4 Å². The maximum absolute atomic E-state index is 10.4. The Morgan fingerprint density at radius 1 is 1.50 bits per heavy atom. The minimum Gasteiger partial charge on any atom is -0.320 e. The van der Waals surface area contributed by atoms with Crippen molar-refractivity contribution in [2.75, 3.05) is 0 Å². The lowest BCUT2D eigenvalue weighted by Crippen LogP contribution is -2.08. The van der Waals surface area contributed by atoms with Gasteiger partial charge in [0.25, 0.3) is 0 Å². The maximum atomic E-state index is 10.4. The smallest absolute Gasteiger partial charge is 0.320 e. The molecule has 0 unspecified atom stereocenters. The molecule has 2 N–H and O–H groups in total. The van der Waals surface area contributed by atoms with Gasteiger partial charge in [0.2, 0.25) is 0 Å². The normalized spacial score (nSPS) is 11.4. The molecule has 1 aromatic heterocycles. The van der Waals surface area contributed by atoms with Gasteiger partial charge in [0.15, 0.2) is 5.44 Å². The quantitative estimate of drug-likeness (QED) is 0.529. The third-order valence-electron chi connectivity index (χ3n) is 0.857. The van der Waals surface area contributed by atoms with E-state index in [1.165, 1.54) is 18.3 Å². The standard InChI is InChI=1S/C4H5N2O3P/c7-10(8,9)4-2-1-3-5-6-4/h1-3H,(H2,7,8,9). The highest BCUT2D eigenvalue weighted by Crippen LogP contribution is 2.30. The van der Waals surface area contributed by atoms with Gasteiger partial charge in [-0.25, -0.2) is 0 Å². The Hall–Kier alpha value is -0.770. The zero-order valence-electron chi connectivity index (χ0n) is 4.88. The van der Waals surface area contributed by atoms with E-state index in [0.29, 0.717) is 0 Å². The number of nitrogens with zero attached hydrogens (tertiary/aromatic N) is 2. The molecule has 0 aliphatic rings. The van der Waals surface area contributed by atoms with Crippen molar-refractivity contribution in [3.8, 4) is 0 Å². The predicted molar refractivity (Wildman–Crippen MR) is 33.7 cm³/mol. The topological polar surface area (TPSA) is 83.3 Å². The van der Waals surface area contributed by atoms with Crippen LogP contribution in [0.4, 0.5) is 0 Å². The van der Waals surface area contributed by atoms with Crippen molar-refractivity contribution in [3.63, 3.8) is 0 Å². The number of hydrogen-bond donors (Lipinski definition) is 2. The summed E-state index contributed by atoms with van der Waals surface area (Å²) in [6.07, 6.45) is 1.35. The summed E-state index contributed by atoms with van der Waals surface area (Å²) >= 11 is 0. The first-order valence-corrected chi connectivity index (χ1v) is 4.06. The molecule has 0 spiro atoms. The van der Waals surface area contributed by atoms with E-state index in [0.717, 1.165) is 0 Å². The lowest BCUT2D eigenvalue weighted by Gasteiger charge is -1.98. The second kappa shape index (κ2) is 2.46. The molecule has 6 heteroatoms. The Bertz CT molecular complexity index is 256. The molecule has 0 amide bonds. The molecule has 0 saturated heterocycles. The van der Waals surface area contributed by atoms with E-state index in [4.69, 9.17) is 9.79 Å². The average molecular weight is 160 g/mol. The average Bonchev–Trinajstić information content (AvgIpc) is 1.88. The van der Waals surface area contributed by atoms with Crippen molar-refractivity contribution in [2.45, 2.75) is 0 Å². The molecular weight excluding hydrogens is 155 g/mol. The predicted octanol–water partition coefficient (Wildman–Crippen LogP) is -0.720. The molecule has 0 aliphatic carbocycles. The molecule has 0 fully saturated rings. The van der Waals surface area contributed by atoms with E-state index in [-0.39, 0.29) is 5.44 Å². The molecule has 0 saturated carbocycles. The fourth-order valence-electron chi connectivity index (χ4n) is 0.449. The van der Waals surface area contributed by atoms with E-state index in [2.05, 4.69) is 10.2 Å². The third kappa shape index (κ3) is 1.60. The second-order valence-electron chi connectivity index (χ2n) is 1.63. The number of hydrogen-bond acceptors (Lipinski definition) is 3. The summed E-state index contributed by atoms with van der Waals surface area (Å²) in [4.78, 5) is 17.0. The Morgan fingerprint density at radius 2 is 2.20 bits per heavy atom. The van der Waals surface area contributed by atoms with Crippen LogP contribution in [0.1, 0.15) is 0 Å². The highest BCUT2D eigenvalue weighted by Gasteiger charge is 2.17. The lowest BCUT2D eigenvalue weighted by molar-refractivity contribution is 0.386. The van der Waals surface area contributed by atoms with Crippen LogP contribution < -0.4 is 5.44 Å². The summed E-state index contributed by atoms with van der Waals surface area (Å²) < 4.78 is 10.4. The molecule has 1 aromatic rings. The zero-order valence-corrected chi connectivity index (χ0v) is 5.77. The summed E-state index contributed by atoms with van der Waals surface area (Å²) in [5.41, 5.74) is -0.296. The summed E-state index contributed by atoms with van der Waals surface area (Å²) in [5.74, 6) is 0. The highest BCUT2D eigenvalue weighted by molar-refractivity contribution is 7.59. The van der Waals surface area contributed by atoms with Crippen LogP contribution in [0.25, 0.3) is 0 Å². The van der Waals surface area contributed by atoms with Gasteiger partial charge < -0.3 is 9.79 Å². The molecular formula is C4H5N2O3P. The van der Waals surface area contributed by atoms with Gasteiger partial charge in [-0.2, -0.15) is 5.10 Å². The molecule has 10 heavy (non-hydrogen) atoms. The first-order chi connectivity index (χ1) is 4.61. The van der Waals surface area contributed by atoms with Crippen LogP contribution >= 0.6 is 7.60 Å². The second-order valence-corrected chi connectivity index (χ2v) is 3.17. The van der Waals surface area contributed by atoms with Crippen LogP contribution in [-0.4, -0.2) is 20.0 Å². The van der Waals surface area contributed by atoms with Gasteiger partial charge in [-0.1, -0.05) is 0 Å². The summed E-state index contributed by atoms with van der Waals surface area (Å²) in [7, 11) is -4.19. The van der Waals surface area contributed by atoms with Crippen molar-refractivity contribution in [2.24, 2.45) is 0 Å². The Kier molecular flexibility index (Phi) is 1.80. The van der Waals surface area contributed by atoms with Gasteiger partial charge in [0, 0.05) is 6.20 Å². The summed E-state index contributed by atoms with van der Waals surface area (Å²) in [6, 6.07) is 2.65. The molecule has 1 rings (SSSR count). The zero-order chi connectivity index (χ0) is 7.61. The van der Waals surface area contributed by atoms with Crippen molar-refractivity contribution in [1.82, 2.24) is 10.2 Å². The van der Waals surface area contributed by atoms with Crippen LogP contribution in [0.2, 0.25) is 0 Å². The molecule has 1 heterocycles. The Morgan fingerprint density at radius 3 is 2.50 bits per heavy atom. The fraction of sp³-hybridized carbons (Fsp3) is 0. The fourth-order valence-corrected chi connectivity index (χ4v) is 0.897. The van der Waals surface area contributed by atoms with Crippen molar-refractivity contribution >= 4 is 13.0 Å². The first kappa shape index (κ1) is 7.34. The first-order valence-electron chi connectivity index (χ1n) is 2.44. The monoisotopic (exact) mass is 160 g/mol. The van der Waals surface area contributed by atoms with Crippen molar-refractivity contribution in [3.05, 3.63) is 18.3 Å². The SMILES string of the molecule is O=P(O)(O)c1cccnn1. The highest BCUT2D eigenvalue weighted by atomic mass is 31.2. The van der Waals surface area contributed by atoms with Crippen LogP contribution in [0.5, 0.6) is 0 Å². The van der Waals surface area contributed by atoms with Crippen molar-refractivity contribution in [1.29, 1.82) is 0 Å². The van der Waals surface area contributed by atoms with Gasteiger partial charge in [-0.05, 0) is 12.1 Å². The van der Waals surface area contributed by atoms with E-state index in [1.807, 2.05) is 0 Å².